The van der Waals surface area contributed by atoms with Crippen molar-refractivity contribution in [1.82, 2.24) is 10.2 Å². The standard InChI is InChI=1S/C15H30N2O2/c1-4-8-12(2)16-15(19)13(3)17-10-7-5-6-9-14(17)11-18/h12-14,18H,4-11H2,1-3H3,(H,16,19). The number of carbonyl (C=O) groups excluding carboxylic acids is 1. The average Bonchev–Trinajstić information content (AvgIpc) is 2.62. The van der Waals surface area contributed by atoms with E-state index in [0.717, 1.165) is 38.6 Å². The second-order valence-corrected chi connectivity index (χ2v) is 5.80. The number of aliphatic hydroxyl groups is 1. The number of rotatable bonds is 6. The van der Waals surface area contributed by atoms with Crippen LogP contribution in [0.4, 0.5) is 0 Å². The maximum absolute atomic E-state index is 12.3. The first-order valence-electron chi connectivity index (χ1n) is 7.77. The van der Waals surface area contributed by atoms with Crippen molar-refractivity contribution in [2.24, 2.45) is 0 Å². The molecule has 1 rings (SSSR count). The highest BCUT2D eigenvalue weighted by atomic mass is 16.3. The maximum Gasteiger partial charge on any atom is 0.237 e. The number of likely N-dealkylation sites (tertiary alicyclic amines) is 1. The molecule has 0 saturated carbocycles. The zero-order chi connectivity index (χ0) is 14.3. The van der Waals surface area contributed by atoms with Crippen molar-refractivity contribution in [3.63, 3.8) is 0 Å². The van der Waals surface area contributed by atoms with E-state index < -0.39 is 0 Å². The third-order valence-corrected chi connectivity index (χ3v) is 4.12. The number of hydrogen-bond acceptors (Lipinski definition) is 3. The van der Waals surface area contributed by atoms with Gasteiger partial charge in [0, 0.05) is 12.1 Å². The molecule has 3 atom stereocenters. The molecule has 19 heavy (non-hydrogen) atoms. The van der Waals surface area contributed by atoms with E-state index in [0.29, 0.717) is 0 Å². The summed E-state index contributed by atoms with van der Waals surface area (Å²) >= 11 is 0. The van der Waals surface area contributed by atoms with Gasteiger partial charge in [0.2, 0.25) is 5.91 Å². The highest BCUT2D eigenvalue weighted by molar-refractivity contribution is 5.81. The van der Waals surface area contributed by atoms with Gasteiger partial charge in [-0.2, -0.15) is 0 Å². The van der Waals surface area contributed by atoms with Gasteiger partial charge < -0.3 is 10.4 Å². The van der Waals surface area contributed by atoms with Crippen molar-refractivity contribution in [1.29, 1.82) is 0 Å². The minimum absolute atomic E-state index is 0.0984. The van der Waals surface area contributed by atoms with Crippen LogP contribution in [0.2, 0.25) is 0 Å². The quantitative estimate of drug-likeness (QED) is 0.775. The summed E-state index contributed by atoms with van der Waals surface area (Å²) in [5.41, 5.74) is 0. The van der Waals surface area contributed by atoms with Crippen molar-refractivity contribution in [2.75, 3.05) is 13.2 Å². The van der Waals surface area contributed by atoms with Crippen LogP contribution in [0.1, 0.15) is 59.3 Å². The Morgan fingerprint density at radius 3 is 2.74 bits per heavy atom. The van der Waals surface area contributed by atoms with Gasteiger partial charge in [0.25, 0.3) is 0 Å². The Bertz CT molecular complexity index is 271. The molecular weight excluding hydrogens is 240 g/mol. The number of aliphatic hydroxyl groups excluding tert-OH is 1. The van der Waals surface area contributed by atoms with Crippen LogP contribution in [-0.4, -0.2) is 47.2 Å². The number of nitrogens with zero attached hydrogens (tertiary/aromatic N) is 1. The number of nitrogens with one attached hydrogen (secondary N) is 1. The molecule has 1 saturated heterocycles. The van der Waals surface area contributed by atoms with E-state index in [1.54, 1.807) is 0 Å². The molecule has 0 aromatic rings. The van der Waals surface area contributed by atoms with Gasteiger partial charge in [0.15, 0.2) is 0 Å². The fourth-order valence-electron chi connectivity index (χ4n) is 2.92. The number of carbonyl (C=O) groups is 1. The molecule has 4 heteroatoms. The van der Waals surface area contributed by atoms with Gasteiger partial charge in [-0.25, -0.2) is 0 Å². The zero-order valence-electron chi connectivity index (χ0n) is 12.7. The van der Waals surface area contributed by atoms with Crippen LogP contribution in [-0.2, 0) is 4.79 Å². The van der Waals surface area contributed by atoms with Gasteiger partial charge in [0.1, 0.15) is 0 Å². The molecule has 1 fully saturated rings. The van der Waals surface area contributed by atoms with Crippen LogP contribution in [0.25, 0.3) is 0 Å². The molecule has 1 aliphatic heterocycles. The lowest BCUT2D eigenvalue weighted by Gasteiger charge is -2.33. The van der Waals surface area contributed by atoms with E-state index in [1.165, 1.54) is 6.42 Å². The van der Waals surface area contributed by atoms with Crippen molar-refractivity contribution in [2.45, 2.75) is 77.4 Å². The summed E-state index contributed by atoms with van der Waals surface area (Å²) in [7, 11) is 0. The first-order chi connectivity index (χ1) is 9.10. The zero-order valence-corrected chi connectivity index (χ0v) is 12.7. The lowest BCUT2D eigenvalue weighted by Crippen LogP contribution is -2.52. The Morgan fingerprint density at radius 1 is 1.37 bits per heavy atom. The van der Waals surface area contributed by atoms with E-state index in [-0.39, 0.29) is 30.6 Å². The molecule has 1 amide bonds. The van der Waals surface area contributed by atoms with Gasteiger partial charge in [0.05, 0.1) is 12.6 Å². The van der Waals surface area contributed by atoms with Crippen LogP contribution in [0.3, 0.4) is 0 Å². The second-order valence-electron chi connectivity index (χ2n) is 5.80. The minimum atomic E-state index is -0.144. The number of hydrogen-bond donors (Lipinski definition) is 2. The average molecular weight is 270 g/mol. The summed E-state index contributed by atoms with van der Waals surface area (Å²) < 4.78 is 0. The minimum Gasteiger partial charge on any atom is -0.395 e. The van der Waals surface area contributed by atoms with Crippen molar-refractivity contribution < 1.29 is 9.90 Å². The smallest absolute Gasteiger partial charge is 0.237 e. The molecule has 3 unspecified atom stereocenters. The molecule has 4 nitrogen and oxygen atoms in total. The molecule has 0 spiro atoms. The third kappa shape index (κ3) is 5.11. The monoisotopic (exact) mass is 270 g/mol. The summed E-state index contributed by atoms with van der Waals surface area (Å²) in [5, 5.41) is 12.6. The highest BCUT2D eigenvalue weighted by Crippen LogP contribution is 2.19. The molecule has 0 aromatic heterocycles. The van der Waals surface area contributed by atoms with Gasteiger partial charge in [-0.15, -0.1) is 0 Å². The van der Waals surface area contributed by atoms with Crippen LogP contribution < -0.4 is 5.32 Å². The summed E-state index contributed by atoms with van der Waals surface area (Å²) in [5.74, 6) is 0.0984. The molecule has 1 aliphatic rings. The summed E-state index contributed by atoms with van der Waals surface area (Å²) in [6.07, 6.45) is 6.58. The predicted molar refractivity (Wildman–Crippen MR) is 78.0 cm³/mol. The highest BCUT2D eigenvalue weighted by Gasteiger charge is 2.29. The van der Waals surface area contributed by atoms with Crippen molar-refractivity contribution >= 4 is 5.91 Å². The topological polar surface area (TPSA) is 52.6 Å². The Hall–Kier alpha value is -0.610. The summed E-state index contributed by atoms with van der Waals surface area (Å²) in [4.78, 5) is 14.4. The molecule has 0 bridgehead atoms. The van der Waals surface area contributed by atoms with Gasteiger partial charge in [-0.3, -0.25) is 9.69 Å². The lowest BCUT2D eigenvalue weighted by molar-refractivity contribution is -0.127. The molecular formula is C15H30N2O2. The van der Waals surface area contributed by atoms with Gasteiger partial charge in [-0.1, -0.05) is 26.2 Å². The van der Waals surface area contributed by atoms with Crippen molar-refractivity contribution in [3.05, 3.63) is 0 Å². The van der Waals surface area contributed by atoms with E-state index in [9.17, 15) is 9.90 Å². The molecule has 112 valence electrons. The van der Waals surface area contributed by atoms with E-state index in [2.05, 4.69) is 24.1 Å². The fraction of sp³-hybridized carbons (Fsp3) is 0.933. The summed E-state index contributed by atoms with van der Waals surface area (Å²) in [6, 6.07) is 0.235. The Labute approximate surface area is 117 Å². The first-order valence-corrected chi connectivity index (χ1v) is 7.77. The lowest BCUT2D eigenvalue weighted by atomic mass is 10.1. The van der Waals surface area contributed by atoms with Gasteiger partial charge >= 0.3 is 0 Å². The molecule has 0 aliphatic carbocycles. The fourth-order valence-corrected chi connectivity index (χ4v) is 2.92. The number of amides is 1. The van der Waals surface area contributed by atoms with Crippen LogP contribution >= 0.6 is 0 Å². The molecule has 2 N–H and O–H groups in total. The van der Waals surface area contributed by atoms with Crippen LogP contribution in [0.15, 0.2) is 0 Å². The van der Waals surface area contributed by atoms with Crippen molar-refractivity contribution in [3.8, 4) is 0 Å². The van der Waals surface area contributed by atoms with Gasteiger partial charge in [-0.05, 0) is 39.7 Å². The predicted octanol–water partition coefficient (Wildman–Crippen LogP) is 1.92. The van der Waals surface area contributed by atoms with E-state index in [1.807, 2.05) is 6.92 Å². The van der Waals surface area contributed by atoms with E-state index >= 15 is 0 Å². The maximum atomic E-state index is 12.3. The normalized spacial score (nSPS) is 24.5. The van der Waals surface area contributed by atoms with E-state index in [4.69, 9.17) is 0 Å². The third-order valence-electron chi connectivity index (χ3n) is 4.12. The largest absolute Gasteiger partial charge is 0.395 e. The molecule has 0 aromatic carbocycles. The van der Waals surface area contributed by atoms with Crippen LogP contribution in [0, 0.1) is 0 Å². The molecule has 0 radical (unpaired) electrons. The Kier molecular flexibility index (Phi) is 7.39. The Balaban J connectivity index is 2.57. The first kappa shape index (κ1) is 16.4. The SMILES string of the molecule is CCCC(C)NC(=O)C(C)N1CCCCCC1CO. The Morgan fingerprint density at radius 2 is 2.11 bits per heavy atom. The summed E-state index contributed by atoms with van der Waals surface area (Å²) in [6.45, 7) is 7.22. The van der Waals surface area contributed by atoms with Crippen LogP contribution in [0.5, 0.6) is 0 Å². The molecule has 1 heterocycles. The second kappa shape index (κ2) is 8.54.